The first-order chi connectivity index (χ1) is 15.1. The number of halogens is 2. The number of methoxy groups -OCH3 is 1. The van der Waals surface area contributed by atoms with Crippen molar-refractivity contribution >= 4 is 56.9 Å². The van der Waals surface area contributed by atoms with Crippen LogP contribution < -0.4 is 9.47 Å². The Bertz CT molecular complexity index is 1260. The summed E-state index contributed by atoms with van der Waals surface area (Å²) < 4.78 is 12.8. The topological polar surface area (TPSA) is 30.8 Å². The third kappa shape index (κ3) is 4.86. The van der Waals surface area contributed by atoms with Gasteiger partial charge in [-0.25, -0.2) is 0 Å². The number of fused-ring (bicyclic) bond motifs is 1. The van der Waals surface area contributed by atoms with Gasteiger partial charge in [0.25, 0.3) is 0 Å². The lowest BCUT2D eigenvalue weighted by Gasteiger charge is -2.14. The Labute approximate surface area is 200 Å². The quantitative estimate of drug-likeness (QED) is 0.185. The highest BCUT2D eigenvalue weighted by atomic mass is 127. The van der Waals surface area contributed by atoms with Crippen molar-refractivity contribution in [2.24, 2.45) is 4.99 Å². The number of benzene rings is 4. The maximum absolute atomic E-state index is 6.21. The fourth-order valence-electron chi connectivity index (χ4n) is 3.40. The molecular weight excluding hydrogens is 521 g/mol. The van der Waals surface area contributed by atoms with E-state index in [0.717, 1.165) is 31.7 Å². The smallest absolute Gasteiger partial charge is 0.174 e. The minimum atomic E-state index is 0.461. The van der Waals surface area contributed by atoms with E-state index >= 15 is 0 Å². The van der Waals surface area contributed by atoms with Crippen LogP contribution >= 0.6 is 34.2 Å². The number of ether oxygens (including phenoxy) is 2. The Hall–Kier alpha value is -2.57. The zero-order chi connectivity index (χ0) is 21.8. The van der Waals surface area contributed by atoms with Crippen LogP contribution in [0.1, 0.15) is 16.7 Å². The van der Waals surface area contributed by atoms with Gasteiger partial charge in [-0.05, 0) is 81.2 Å². The lowest BCUT2D eigenvalue weighted by Crippen LogP contribution is -2.01. The predicted octanol–water partition coefficient (Wildman–Crippen LogP) is 7.74. The van der Waals surface area contributed by atoms with Crippen molar-refractivity contribution in [2.75, 3.05) is 7.11 Å². The Morgan fingerprint density at radius 2 is 1.77 bits per heavy atom. The van der Waals surface area contributed by atoms with E-state index in [-0.39, 0.29) is 0 Å². The number of aliphatic imine (C=N–C) groups is 1. The number of nitrogens with zero attached hydrogens (tertiary/aromatic N) is 1. The van der Waals surface area contributed by atoms with Gasteiger partial charge in [-0.3, -0.25) is 4.99 Å². The molecule has 0 heterocycles. The molecule has 0 spiro atoms. The molecule has 0 aliphatic rings. The van der Waals surface area contributed by atoms with E-state index in [0.29, 0.717) is 17.4 Å². The van der Waals surface area contributed by atoms with Crippen LogP contribution in [0, 0.1) is 10.5 Å². The van der Waals surface area contributed by atoms with Crippen molar-refractivity contribution in [3.8, 4) is 11.5 Å². The van der Waals surface area contributed by atoms with E-state index in [1.165, 1.54) is 10.8 Å². The molecular formula is C26H21ClINO2. The van der Waals surface area contributed by atoms with Gasteiger partial charge >= 0.3 is 0 Å². The molecule has 156 valence electrons. The first-order valence-electron chi connectivity index (χ1n) is 9.83. The van der Waals surface area contributed by atoms with Crippen molar-refractivity contribution in [1.29, 1.82) is 0 Å². The molecule has 0 bridgehead atoms. The summed E-state index contributed by atoms with van der Waals surface area (Å²) in [6.45, 7) is 2.42. The maximum atomic E-state index is 6.21. The summed E-state index contributed by atoms with van der Waals surface area (Å²) in [6.07, 6.45) is 1.82. The molecule has 0 amide bonds. The van der Waals surface area contributed by atoms with Crippen LogP contribution in [0.3, 0.4) is 0 Å². The fourth-order valence-corrected chi connectivity index (χ4v) is 4.35. The summed E-state index contributed by atoms with van der Waals surface area (Å²) in [4.78, 5) is 4.60. The van der Waals surface area contributed by atoms with Gasteiger partial charge in [0.15, 0.2) is 11.5 Å². The average Bonchev–Trinajstić information content (AvgIpc) is 2.79. The molecule has 0 aliphatic heterocycles. The van der Waals surface area contributed by atoms with Gasteiger partial charge in [0, 0.05) is 11.2 Å². The monoisotopic (exact) mass is 541 g/mol. The van der Waals surface area contributed by atoms with Crippen LogP contribution in [0.5, 0.6) is 11.5 Å². The first kappa shape index (κ1) is 21.7. The SMILES string of the molecule is COc1cc(C=Nc2cccc(Cl)c2C)cc(I)c1OCc1cccc2ccccc12. The van der Waals surface area contributed by atoms with Gasteiger partial charge in [-0.15, -0.1) is 0 Å². The maximum Gasteiger partial charge on any atom is 0.174 e. The van der Waals surface area contributed by atoms with E-state index in [2.05, 4.69) is 57.9 Å². The molecule has 0 saturated heterocycles. The summed E-state index contributed by atoms with van der Waals surface area (Å²) >= 11 is 8.47. The highest BCUT2D eigenvalue weighted by molar-refractivity contribution is 14.1. The molecule has 0 atom stereocenters. The molecule has 31 heavy (non-hydrogen) atoms. The van der Waals surface area contributed by atoms with Gasteiger partial charge in [0.05, 0.1) is 16.4 Å². The van der Waals surface area contributed by atoms with Gasteiger partial charge in [-0.1, -0.05) is 60.1 Å². The van der Waals surface area contributed by atoms with Crippen molar-refractivity contribution in [3.05, 3.63) is 98.1 Å². The Kier molecular flexibility index (Phi) is 6.78. The zero-order valence-electron chi connectivity index (χ0n) is 17.2. The van der Waals surface area contributed by atoms with Crippen molar-refractivity contribution in [2.45, 2.75) is 13.5 Å². The molecule has 3 nitrogen and oxygen atoms in total. The summed E-state index contributed by atoms with van der Waals surface area (Å²) in [5.41, 5.74) is 3.87. The third-order valence-corrected chi connectivity index (χ3v) is 6.31. The molecule has 0 aliphatic carbocycles. The van der Waals surface area contributed by atoms with Gasteiger partial charge in [-0.2, -0.15) is 0 Å². The highest BCUT2D eigenvalue weighted by Crippen LogP contribution is 2.35. The van der Waals surface area contributed by atoms with Crippen LogP contribution in [-0.2, 0) is 6.61 Å². The zero-order valence-corrected chi connectivity index (χ0v) is 20.1. The van der Waals surface area contributed by atoms with Crippen LogP contribution in [0.25, 0.3) is 10.8 Å². The van der Waals surface area contributed by atoms with E-state index in [9.17, 15) is 0 Å². The number of hydrogen-bond donors (Lipinski definition) is 0. The molecule has 4 aromatic rings. The molecule has 0 fully saturated rings. The molecule has 0 unspecified atom stereocenters. The molecule has 0 aromatic heterocycles. The second-order valence-electron chi connectivity index (χ2n) is 7.10. The Morgan fingerprint density at radius 3 is 2.61 bits per heavy atom. The summed E-state index contributed by atoms with van der Waals surface area (Å²) in [5, 5.41) is 3.10. The van der Waals surface area contributed by atoms with Crippen LogP contribution in [0.2, 0.25) is 5.02 Å². The number of rotatable bonds is 6. The standard InChI is InChI=1S/C26H21ClINO2/c1-17-22(27)11-6-12-24(17)29-15-18-13-23(28)26(25(14-18)30-2)31-16-20-9-5-8-19-7-3-4-10-21(19)20/h3-15H,16H2,1-2H3. The molecule has 0 saturated carbocycles. The summed E-state index contributed by atoms with van der Waals surface area (Å²) in [6, 6.07) is 24.3. The largest absolute Gasteiger partial charge is 0.493 e. The van der Waals surface area contributed by atoms with Crippen molar-refractivity contribution in [1.82, 2.24) is 0 Å². The first-order valence-corrected chi connectivity index (χ1v) is 11.3. The minimum Gasteiger partial charge on any atom is -0.493 e. The second-order valence-corrected chi connectivity index (χ2v) is 8.67. The summed E-state index contributed by atoms with van der Waals surface area (Å²) in [5.74, 6) is 1.41. The average molecular weight is 542 g/mol. The van der Waals surface area contributed by atoms with E-state index < -0.39 is 0 Å². The molecule has 0 N–H and O–H groups in total. The number of hydrogen-bond acceptors (Lipinski definition) is 3. The Balaban J connectivity index is 1.59. The molecule has 4 aromatic carbocycles. The lowest BCUT2D eigenvalue weighted by molar-refractivity contribution is 0.283. The fraction of sp³-hybridized carbons (Fsp3) is 0.115. The third-order valence-electron chi connectivity index (χ3n) is 5.10. The molecule has 5 heteroatoms. The molecule has 0 radical (unpaired) electrons. The van der Waals surface area contributed by atoms with Gasteiger partial charge < -0.3 is 9.47 Å². The van der Waals surface area contributed by atoms with Crippen LogP contribution in [-0.4, -0.2) is 13.3 Å². The lowest BCUT2D eigenvalue weighted by atomic mass is 10.1. The highest BCUT2D eigenvalue weighted by Gasteiger charge is 2.12. The van der Waals surface area contributed by atoms with Gasteiger partial charge in [0.1, 0.15) is 6.61 Å². The van der Waals surface area contributed by atoms with Crippen LogP contribution in [0.15, 0.2) is 77.8 Å². The van der Waals surface area contributed by atoms with Gasteiger partial charge in [0.2, 0.25) is 0 Å². The van der Waals surface area contributed by atoms with E-state index in [1.54, 1.807) is 7.11 Å². The van der Waals surface area contributed by atoms with E-state index in [1.807, 2.05) is 55.6 Å². The van der Waals surface area contributed by atoms with Crippen molar-refractivity contribution in [3.63, 3.8) is 0 Å². The second kappa shape index (κ2) is 9.71. The summed E-state index contributed by atoms with van der Waals surface area (Å²) in [7, 11) is 1.65. The van der Waals surface area contributed by atoms with Crippen molar-refractivity contribution < 1.29 is 9.47 Å². The normalized spacial score (nSPS) is 11.2. The molecule has 4 rings (SSSR count). The van der Waals surface area contributed by atoms with Crippen LogP contribution in [0.4, 0.5) is 5.69 Å². The predicted molar refractivity (Wildman–Crippen MR) is 137 cm³/mol. The van der Waals surface area contributed by atoms with E-state index in [4.69, 9.17) is 21.1 Å². The Morgan fingerprint density at radius 1 is 1.00 bits per heavy atom. The minimum absolute atomic E-state index is 0.461.